The minimum atomic E-state index is -0.190. The van der Waals surface area contributed by atoms with Crippen LogP contribution in [-0.4, -0.2) is 30.3 Å². The van der Waals surface area contributed by atoms with E-state index < -0.39 is 0 Å². The highest BCUT2D eigenvalue weighted by atomic mass is 32.1. The molecule has 4 nitrogen and oxygen atoms in total. The molecule has 0 unspecified atom stereocenters. The molecule has 17 heavy (non-hydrogen) atoms. The van der Waals surface area contributed by atoms with Crippen molar-refractivity contribution >= 4 is 17.2 Å². The first kappa shape index (κ1) is 12.4. The van der Waals surface area contributed by atoms with Crippen LogP contribution in [0.25, 0.3) is 0 Å². The van der Waals surface area contributed by atoms with Gasteiger partial charge in [0, 0.05) is 17.5 Å². The average Bonchev–Trinajstić information content (AvgIpc) is 2.81. The van der Waals surface area contributed by atoms with Gasteiger partial charge in [0.05, 0.1) is 18.1 Å². The minimum absolute atomic E-state index is 0.0420. The quantitative estimate of drug-likeness (QED) is 0.865. The van der Waals surface area contributed by atoms with Gasteiger partial charge in [0.25, 0.3) is 5.91 Å². The monoisotopic (exact) mass is 255 g/mol. The molecule has 1 aromatic heterocycles. The summed E-state index contributed by atoms with van der Waals surface area (Å²) in [6, 6.07) is 1.94. The Morgan fingerprint density at radius 1 is 1.47 bits per heavy atom. The highest BCUT2D eigenvalue weighted by molar-refractivity contribution is 7.12. The zero-order valence-electron chi connectivity index (χ0n) is 9.81. The summed E-state index contributed by atoms with van der Waals surface area (Å²) in [7, 11) is 1.59. The number of nitrogens with one attached hydrogen (secondary N) is 1. The largest absolute Gasteiger partial charge is 0.496 e. The van der Waals surface area contributed by atoms with Crippen molar-refractivity contribution in [2.45, 2.75) is 37.8 Å². The van der Waals surface area contributed by atoms with Gasteiger partial charge in [0.15, 0.2) is 0 Å². The van der Waals surface area contributed by atoms with Crippen molar-refractivity contribution in [1.29, 1.82) is 0 Å². The van der Waals surface area contributed by atoms with Crippen LogP contribution >= 0.6 is 11.3 Å². The Hall–Kier alpha value is -1.07. The topological polar surface area (TPSA) is 58.6 Å². The Kier molecular flexibility index (Phi) is 4.02. The molecule has 0 radical (unpaired) electrons. The molecule has 0 atom stereocenters. The summed E-state index contributed by atoms with van der Waals surface area (Å²) in [5.41, 5.74) is 0. The molecule has 1 aromatic rings. The summed E-state index contributed by atoms with van der Waals surface area (Å²) in [6.45, 7) is 0. The lowest BCUT2D eigenvalue weighted by Gasteiger charge is -2.25. The standard InChI is InChI=1S/C12H17NO3S/c1-16-10-6-11(17-7-10)12(15)13-8-2-4-9(14)5-3-8/h6-9,14H,2-5H2,1H3,(H,13,15). The number of methoxy groups -OCH3 is 1. The first-order chi connectivity index (χ1) is 8.19. The van der Waals surface area contributed by atoms with E-state index in [0.717, 1.165) is 31.4 Å². The fourth-order valence-electron chi connectivity index (χ4n) is 2.02. The Labute approximate surface area is 105 Å². The normalized spacial score (nSPS) is 24.4. The molecule has 0 aromatic carbocycles. The highest BCUT2D eigenvalue weighted by Crippen LogP contribution is 2.23. The van der Waals surface area contributed by atoms with E-state index in [0.29, 0.717) is 4.88 Å². The van der Waals surface area contributed by atoms with Gasteiger partial charge in [-0.1, -0.05) is 0 Å². The molecule has 1 heterocycles. The number of aliphatic hydroxyl groups excluding tert-OH is 1. The lowest BCUT2D eigenvalue weighted by atomic mass is 9.93. The molecule has 1 aliphatic rings. The average molecular weight is 255 g/mol. The third-order valence-electron chi connectivity index (χ3n) is 3.07. The van der Waals surface area contributed by atoms with Gasteiger partial charge in [-0.2, -0.15) is 0 Å². The van der Waals surface area contributed by atoms with Crippen LogP contribution in [0.2, 0.25) is 0 Å². The van der Waals surface area contributed by atoms with Gasteiger partial charge in [-0.25, -0.2) is 0 Å². The second kappa shape index (κ2) is 5.51. The number of rotatable bonds is 3. The molecule has 2 N–H and O–H groups in total. The Bertz CT molecular complexity index is 383. The maximum absolute atomic E-state index is 11.9. The molecular weight excluding hydrogens is 238 g/mol. The predicted molar refractivity (Wildman–Crippen MR) is 66.6 cm³/mol. The zero-order valence-corrected chi connectivity index (χ0v) is 10.6. The van der Waals surface area contributed by atoms with E-state index in [1.54, 1.807) is 13.2 Å². The first-order valence-corrected chi connectivity index (χ1v) is 6.68. The number of ether oxygens (including phenoxy) is 1. The summed E-state index contributed by atoms with van der Waals surface area (Å²) in [5, 5.41) is 14.2. The van der Waals surface area contributed by atoms with Crippen molar-refractivity contribution in [3.05, 3.63) is 16.3 Å². The molecule has 2 rings (SSSR count). The van der Waals surface area contributed by atoms with Crippen molar-refractivity contribution in [1.82, 2.24) is 5.32 Å². The van der Waals surface area contributed by atoms with Crippen LogP contribution in [0.5, 0.6) is 5.75 Å². The summed E-state index contributed by atoms with van der Waals surface area (Å²) in [4.78, 5) is 12.6. The Balaban J connectivity index is 1.88. The minimum Gasteiger partial charge on any atom is -0.496 e. The van der Waals surface area contributed by atoms with E-state index in [4.69, 9.17) is 4.74 Å². The van der Waals surface area contributed by atoms with Crippen LogP contribution < -0.4 is 10.1 Å². The number of carbonyl (C=O) groups is 1. The summed E-state index contributed by atoms with van der Waals surface area (Å²) in [6.07, 6.45) is 3.08. The third kappa shape index (κ3) is 3.20. The third-order valence-corrected chi connectivity index (χ3v) is 3.97. The lowest BCUT2D eigenvalue weighted by Crippen LogP contribution is -2.38. The van der Waals surface area contributed by atoms with Crippen molar-refractivity contribution in [3.63, 3.8) is 0 Å². The van der Waals surface area contributed by atoms with Gasteiger partial charge >= 0.3 is 0 Å². The predicted octanol–water partition coefficient (Wildman–Crippen LogP) is 1.79. The number of thiophene rings is 1. The van der Waals surface area contributed by atoms with Gasteiger partial charge in [-0.15, -0.1) is 11.3 Å². The fourth-order valence-corrected chi connectivity index (χ4v) is 2.78. The van der Waals surface area contributed by atoms with Crippen molar-refractivity contribution < 1.29 is 14.6 Å². The summed E-state index contributed by atoms with van der Waals surface area (Å²) >= 11 is 1.38. The van der Waals surface area contributed by atoms with Crippen LogP contribution in [0.3, 0.4) is 0 Å². The van der Waals surface area contributed by atoms with Crippen LogP contribution in [0.15, 0.2) is 11.4 Å². The maximum atomic E-state index is 11.9. The first-order valence-electron chi connectivity index (χ1n) is 5.80. The highest BCUT2D eigenvalue weighted by Gasteiger charge is 2.21. The zero-order chi connectivity index (χ0) is 12.3. The molecule has 0 saturated heterocycles. The second-order valence-corrected chi connectivity index (χ2v) is 5.24. The molecule has 0 bridgehead atoms. The molecule has 1 amide bonds. The maximum Gasteiger partial charge on any atom is 0.261 e. The number of amides is 1. The van der Waals surface area contributed by atoms with Crippen molar-refractivity contribution in [2.75, 3.05) is 7.11 Å². The summed E-state index contributed by atoms with van der Waals surface area (Å²) in [5.74, 6) is 0.680. The molecule has 0 aliphatic heterocycles. The molecular formula is C12H17NO3S. The van der Waals surface area contributed by atoms with Crippen LogP contribution in [0.4, 0.5) is 0 Å². The summed E-state index contributed by atoms with van der Waals surface area (Å²) < 4.78 is 5.05. The van der Waals surface area contributed by atoms with Crippen LogP contribution in [0, 0.1) is 0 Å². The van der Waals surface area contributed by atoms with Gasteiger partial charge in [-0.05, 0) is 25.7 Å². The SMILES string of the molecule is COc1csc(C(=O)NC2CCC(O)CC2)c1. The van der Waals surface area contributed by atoms with Crippen molar-refractivity contribution in [2.24, 2.45) is 0 Å². The van der Waals surface area contributed by atoms with Gasteiger partial charge in [-0.3, -0.25) is 4.79 Å². The molecule has 1 fully saturated rings. The fraction of sp³-hybridized carbons (Fsp3) is 0.583. The Morgan fingerprint density at radius 3 is 2.76 bits per heavy atom. The number of hydrogen-bond acceptors (Lipinski definition) is 4. The van der Waals surface area contributed by atoms with E-state index in [1.807, 2.05) is 5.38 Å². The van der Waals surface area contributed by atoms with E-state index in [2.05, 4.69) is 5.32 Å². The molecule has 5 heteroatoms. The number of hydrogen-bond donors (Lipinski definition) is 2. The number of aliphatic hydroxyl groups is 1. The van der Waals surface area contributed by atoms with Gasteiger partial charge in [0.2, 0.25) is 0 Å². The van der Waals surface area contributed by atoms with Crippen LogP contribution in [0.1, 0.15) is 35.4 Å². The number of carbonyl (C=O) groups excluding carboxylic acids is 1. The Morgan fingerprint density at radius 2 is 2.18 bits per heavy atom. The van der Waals surface area contributed by atoms with E-state index >= 15 is 0 Å². The van der Waals surface area contributed by atoms with E-state index in [1.165, 1.54) is 11.3 Å². The van der Waals surface area contributed by atoms with Crippen molar-refractivity contribution in [3.8, 4) is 5.75 Å². The van der Waals surface area contributed by atoms with Gasteiger partial charge < -0.3 is 15.2 Å². The molecule has 0 spiro atoms. The second-order valence-electron chi connectivity index (χ2n) is 4.33. The lowest BCUT2D eigenvalue weighted by molar-refractivity contribution is 0.0871. The molecule has 1 aliphatic carbocycles. The van der Waals surface area contributed by atoms with E-state index in [-0.39, 0.29) is 18.1 Å². The van der Waals surface area contributed by atoms with Gasteiger partial charge in [0.1, 0.15) is 5.75 Å². The molecule has 94 valence electrons. The van der Waals surface area contributed by atoms with Crippen LogP contribution in [-0.2, 0) is 0 Å². The van der Waals surface area contributed by atoms with E-state index in [9.17, 15) is 9.90 Å². The molecule has 1 saturated carbocycles. The smallest absolute Gasteiger partial charge is 0.261 e.